The predicted octanol–water partition coefficient (Wildman–Crippen LogP) is 6.47. The van der Waals surface area contributed by atoms with Crippen molar-refractivity contribution in [3.05, 3.63) is 0 Å². The van der Waals surface area contributed by atoms with E-state index in [4.69, 9.17) is 23.4 Å². The van der Waals surface area contributed by atoms with Crippen LogP contribution in [0.25, 0.3) is 0 Å². The predicted molar refractivity (Wildman–Crippen MR) is 141 cm³/mol. The fourth-order valence-electron chi connectivity index (χ4n) is 5.50. The average Bonchev–Trinajstić information content (AvgIpc) is 2.96. The Labute approximate surface area is 215 Å². The van der Waals surface area contributed by atoms with Crippen LogP contribution in [0, 0.1) is 17.8 Å². The van der Waals surface area contributed by atoms with E-state index in [0.29, 0.717) is 24.2 Å². The quantitative estimate of drug-likeness (QED) is 0.247. The Bertz CT molecular complexity index is 654. The molecule has 1 saturated carbocycles. The molecule has 6 nitrogen and oxygen atoms in total. The summed E-state index contributed by atoms with van der Waals surface area (Å²) in [5, 5.41) is 0.190. The van der Waals surface area contributed by atoms with Crippen LogP contribution in [-0.2, 0) is 28.2 Å². The number of fused-ring (bicyclic) bond motifs is 1. The number of ether oxygens (including phenoxy) is 4. The van der Waals surface area contributed by atoms with Crippen LogP contribution < -0.4 is 0 Å². The minimum atomic E-state index is -1.85. The minimum absolute atomic E-state index is 0.0391. The highest BCUT2D eigenvalue weighted by Crippen LogP contribution is 2.45. The van der Waals surface area contributed by atoms with Crippen molar-refractivity contribution >= 4 is 14.3 Å². The van der Waals surface area contributed by atoms with Crippen molar-refractivity contribution in [1.82, 2.24) is 0 Å². The molecule has 7 heteroatoms. The summed E-state index contributed by atoms with van der Waals surface area (Å²) < 4.78 is 31.1. The van der Waals surface area contributed by atoms with Crippen molar-refractivity contribution in [3.63, 3.8) is 0 Å². The largest absolute Gasteiger partial charge is 0.463 e. The van der Waals surface area contributed by atoms with Gasteiger partial charge in [-0.3, -0.25) is 4.79 Å². The highest BCUT2D eigenvalue weighted by molar-refractivity contribution is 6.74. The minimum Gasteiger partial charge on any atom is -0.463 e. The average molecular weight is 513 g/mol. The van der Waals surface area contributed by atoms with Crippen molar-refractivity contribution in [1.29, 1.82) is 0 Å². The number of carbonyl (C=O) groups excluding carboxylic acids is 1. The third-order valence-electron chi connectivity index (χ3n) is 8.69. The Morgan fingerprint density at radius 1 is 1.09 bits per heavy atom. The second-order valence-corrected chi connectivity index (χ2v) is 17.7. The number of hydrogen-bond donors (Lipinski definition) is 0. The van der Waals surface area contributed by atoms with Crippen molar-refractivity contribution < 1.29 is 28.2 Å². The molecule has 35 heavy (non-hydrogen) atoms. The maximum absolute atomic E-state index is 11.9. The Morgan fingerprint density at radius 3 is 2.51 bits per heavy atom. The highest BCUT2D eigenvalue weighted by Gasteiger charge is 2.48. The Morgan fingerprint density at radius 2 is 1.86 bits per heavy atom. The molecule has 1 unspecified atom stereocenters. The highest BCUT2D eigenvalue weighted by atomic mass is 28.4. The van der Waals surface area contributed by atoms with E-state index >= 15 is 0 Å². The summed E-state index contributed by atoms with van der Waals surface area (Å²) in [6.07, 6.45) is 9.17. The molecule has 3 aliphatic rings. The Hall–Kier alpha value is -0.473. The van der Waals surface area contributed by atoms with Crippen LogP contribution in [0.3, 0.4) is 0 Å². The molecule has 6 atom stereocenters. The summed E-state index contributed by atoms with van der Waals surface area (Å²) in [6.45, 7) is 17.7. The van der Waals surface area contributed by atoms with Crippen molar-refractivity contribution in [2.45, 2.75) is 135 Å². The molecule has 0 aromatic heterocycles. The maximum Gasteiger partial charge on any atom is 0.306 e. The third-order valence-corrected chi connectivity index (χ3v) is 13.2. The van der Waals surface area contributed by atoms with Gasteiger partial charge in [-0.15, -0.1) is 0 Å². The lowest BCUT2D eigenvalue weighted by Crippen LogP contribution is -2.44. The fraction of sp³-hybridized carbons (Fsp3) is 0.964. The van der Waals surface area contributed by atoms with Gasteiger partial charge in [0.2, 0.25) is 0 Å². The van der Waals surface area contributed by atoms with Gasteiger partial charge in [-0.2, -0.15) is 0 Å². The first-order valence-electron chi connectivity index (χ1n) is 14.2. The molecule has 3 fully saturated rings. The molecule has 204 valence electrons. The molecule has 3 rings (SSSR count). The number of rotatable bonds is 10. The van der Waals surface area contributed by atoms with E-state index in [1.165, 1.54) is 6.42 Å². The lowest BCUT2D eigenvalue weighted by Gasteiger charge is -2.38. The van der Waals surface area contributed by atoms with Gasteiger partial charge >= 0.3 is 5.97 Å². The zero-order chi connectivity index (χ0) is 25.6. The van der Waals surface area contributed by atoms with E-state index in [1.54, 1.807) is 0 Å². The molecule has 2 saturated heterocycles. The number of esters is 1. The van der Waals surface area contributed by atoms with Gasteiger partial charge in [0.15, 0.2) is 14.6 Å². The van der Waals surface area contributed by atoms with Crippen LogP contribution in [0.2, 0.25) is 18.1 Å². The van der Waals surface area contributed by atoms with Gasteiger partial charge in [0.05, 0.1) is 18.3 Å². The molecule has 0 bridgehead atoms. The van der Waals surface area contributed by atoms with Gasteiger partial charge in [0, 0.05) is 38.6 Å². The van der Waals surface area contributed by atoms with Crippen molar-refractivity contribution in [2.75, 3.05) is 19.8 Å². The van der Waals surface area contributed by atoms with Gasteiger partial charge in [0.1, 0.15) is 0 Å². The summed E-state index contributed by atoms with van der Waals surface area (Å²) in [4.78, 5) is 11.9. The molecule has 0 aromatic rings. The summed E-state index contributed by atoms with van der Waals surface area (Å²) in [5.74, 6) is 1.23. The standard InChI is InChI=1S/C28H52O6Si/c1-20(2)33-26(29)12-10-11-21-14-15-22-23(19-32-35(6,7)28(3,4)5)25(17-24(22)31-18-21)34-27-13-8-9-16-30-27/h20-25,27H,8-19H2,1-7H3/t21-,22+,23+,24-,25+,27?/m0/s1. The van der Waals surface area contributed by atoms with E-state index in [-0.39, 0.29) is 35.6 Å². The molecule has 0 N–H and O–H groups in total. The normalized spacial score (nSPS) is 32.3. The molecule has 0 radical (unpaired) electrons. The smallest absolute Gasteiger partial charge is 0.306 e. The fourth-order valence-corrected chi connectivity index (χ4v) is 6.54. The maximum atomic E-state index is 11.9. The summed E-state index contributed by atoms with van der Waals surface area (Å²) in [5.41, 5.74) is 0. The lowest BCUT2D eigenvalue weighted by atomic mass is 9.87. The van der Waals surface area contributed by atoms with Crippen LogP contribution in [0.15, 0.2) is 0 Å². The van der Waals surface area contributed by atoms with E-state index in [0.717, 1.165) is 64.8 Å². The molecule has 0 spiro atoms. The second-order valence-electron chi connectivity index (χ2n) is 12.9. The SMILES string of the molecule is CC(C)OC(=O)CCC[C@H]1CC[C@@H]2[C@@H](CO[Si](C)(C)C(C)(C)C)[C@H](OC3CCCCO3)C[C@@H]2OC1. The molecule has 2 aliphatic heterocycles. The van der Waals surface area contributed by atoms with Gasteiger partial charge in [0.25, 0.3) is 0 Å². The van der Waals surface area contributed by atoms with Gasteiger partial charge < -0.3 is 23.4 Å². The molecular weight excluding hydrogens is 460 g/mol. The summed E-state index contributed by atoms with van der Waals surface area (Å²) in [6, 6.07) is 0. The topological polar surface area (TPSA) is 63.2 Å². The summed E-state index contributed by atoms with van der Waals surface area (Å²) >= 11 is 0. The van der Waals surface area contributed by atoms with Gasteiger partial charge in [-0.05, 0) is 88.8 Å². The van der Waals surface area contributed by atoms with Crippen LogP contribution in [0.4, 0.5) is 0 Å². The van der Waals surface area contributed by atoms with E-state index in [1.807, 2.05) is 13.8 Å². The Kier molecular flexibility index (Phi) is 10.7. The first-order chi connectivity index (χ1) is 16.5. The third kappa shape index (κ3) is 8.52. The number of hydrogen-bond acceptors (Lipinski definition) is 6. The van der Waals surface area contributed by atoms with Gasteiger partial charge in [-0.1, -0.05) is 20.8 Å². The van der Waals surface area contributed by atoms with Crippen LogP contribution in [0.5, 0.6) is 0 Å². The molecule has 2 heterocycles. The van der Waals surface area contributed by atoms with Crippen molar-refractivity contribution in [3.8, 4) is 0 Å². The zero-order valence-corrected chi connectivity index (χ0v) is 24.5. The van der Waals surface area contributed by atoms with Crippen LogP contribution in [-0.4, -0.2) is 58.7 Å². The van der Waals surface area contributed by atoms with Crippen LogP contribution >= 0.6 is 0 Å². The zero-order valence-electron chi connectivity index (χ0n) is 23.5. The molecule has 0 aromatic carbocycles. The second kappa shape index (κ2) is 12.9. The van der Waals surface area contributed by atoms with Crippen LogP contribution in [0.1, 0.15) is 92.4 Å². The first kappa shape index (κ1) is 29.1. The number of carbonyl (C=O) groups is 1. The first-order valence-corrected chi connectivity index (χ1v) is 17.1. The lowest BCUT2D eigenvalue weighted by molar-refractivity contribution is -0.198. The van der Waals surface area contributed by atoms with Gasteiger partial charge in [-0.25, -0.2) is 0 Å². The summed E-state index contributed by atoms with van der Waals surface area (Å²) in [7, 11) is -1.85. The molecular formula is C28H52O6Si. The molecule has 0 amide bonds. The monoisotopic (exact) mass is 512 g/mol. The van der Waals surface area contributed by atoms with Crippen molar-refractivity contribution in [2.24, 2.45) is 17.8 Å². The van der Waals surface area contributed by atoms with E-state index < -0.39 is 8.32 Å². The molecule has 1 aliphatic carbocycles. The van der Waals surface area contributed by atoms with E-state index in [9.17, 15) is 4.79 Å². The van der Waals surface area contributed by atoms with E-state index in [2.05, 4.69) is 33.9 Å². The Balaban J connectivity index is 1.58.